The highest BCUT2D eigenvalue weighted by Gasteiger charge is 2.51. The molecule has 2 aromatic heterocycles. The number of aliphatic hydroxyl groups is 1. The minimum atomic E-state index is -5.28. The van der Waals surface area contributed by atoms with Gasteiger partial charge in [-0.15, -0.1) is 0 Å². The molecule has 1 fully saturated rings. The van der Waals surface area contributed by atoms with Crippen molar-refractivity contribution in [2.24, 2.45) is 0 Å². The van der Waals surface area contributed by atoms with Crippen LogP contribution in [0.1, 0.15) is 37.5 Å². The lowest BCUT2D eigenvalue weighted by Gasteiger charge is -2.43. The first-order valence-corrected chi connectivity index (χ1v) is 13.5. The number of pyridine rings is 2. The molecule has 0 saturated carbocycles. The minimum absolute atomic E-state index is 0.00687. The average Bonchev–Trinajstić information content (AvgIpc) is 2.96. The van der Waals surface area contributed by atoms with Crippen molar-refractivity contribution in [3.8, 4) is 0 Å². The zero-order valence-electron chi connectivity index (χ0n) is 20.8. The predicted octanol–water partition coefficient (Wildman–Crippen LogP) is 1.74. The summed E-state index contributed by atoms with van der Waals surface area (Å²) in [5.41, 5.74) is 0.393. The van der Waals surface area contributed by atoms with Crippen LogP contribution in [0.2, 0.25) is 0 Å². The van der Waals surface area contributed by atoms with Crippen molar-refractivity contribution in [1.82, 2.24) is 9.97 Å². The number of nitrogens with zero attached hydrogens (tertiary/aromatic N) is 2. The van der Waals surface area contributed by atoms with Gasteiger partial charge in [-0.25, -0.2) is 14.2 Å². The zero-order chi connectivity index (χ0) is 28.7. The molecule has 3 heterocycles. The van der Waals surface area contributed by atoms with Crippen LogP contribution in [0.3, 0.4) is 0 Å². The summed E-state index contributed by atoms with van der Waals surface area (Å²) in [6.07, 6.45) is -3.27. The van der Waals surface area contributed by atoms with Crippen molar-refractivity contribution in [2.75, 3.05) is 6.61 Å². The first kappa shape index (κ1) is 29.2. The van der Waals surface area contributed by atoms with Crippen LogP contribution in [-0.4, -0.2) is 79.7 Å². The fraction of sp³-hybridized carbons (Fsp3) is 0.269. The summed E-state index contributed by atoms with van der Waals surface area (Å²) in [6, 6.07) is 13.9. The van der Waals surface area contributed by atoms with Gasteiger partial charge in [0.1, 0.15) is 31.0 Å². The maximum atomic E-state index is 13.1. The second-order valence-corrected chi connectivity index (χ2v) is 9.90. The van der Waals surface area contributed by atoms with Crippen LogP contribution in [0.4, 0.5) is 0 Å². The molecule has 40 heavy (non-hydrogen) atoms. The molecule has 1 aliphatic heterocycles. The minimum Gasteiger partial charge on any atom is -0.459 e. The third-order valence-corrected chi connectivity index (χ3v) is 6.43. The number of esters is 2. The van der Waals surface area contributed by atoms with Crippen molar-refractivity contribution < 1.29 is 52.6 Å². The van der Waals surface area contributed by atoms with Gasteiger partial charge in [0.25, 0.3) is 0 Å². The Morgan fingerprint density at radius 1 is 0.825 bits per heavy atom. The molecule has 0 radical (unpaired) electrons. The van der Waals surface area contributed by atoms with Crippen molar-refractivity contribution in [2.45, 2.75) is 36.9 Å². The number of ketones is 1. The van der Waals surface area contributed by atoms with Gasteiger partial charge in [-0.3, -0.25) is 19.3 Å². The average molecular weight is 572 g/mol. The molecule has 1 aliphatic rings. The number of rotatable bonds is 10. The topological polar surface area (TPSA) is 192 Å². The number of phosphoric acid groups is 1. The Bertz CT molecular complexity index is 1350. The number of ether oxygens (including phenoxy) is 3. The van der Waals surface area contributed by atoms with Gasteiger partial charge < -0.3 is 29.1 Å². The molecule has 0 spiro atoms. The number of carbonyl (C=O) groups excluding carboxylic acids is 3. The van der Waals surface area contributed by atoms with Crippen LogP contribution in [0.25, 0.3) is 0 Å². The van der Waals surface area contributed by atoms with E-state index in [4.69, 9.17) is 18.7 Å². The molecule has 3 aromatic rings. The summed E-state index contributed by atoms with van der Waals surface area (Å²) >= 11 is 0. The van der Waals surface area contributed by atoms with Gasteiger partial charge in [0.2, 0.25) is 0 Å². The van der Waals surface area contributed by atoms with Crippen molar-refractivity contribution in [1.29, 1.82) is 0 Å². The molecular weight excluding hydrogens is 547 g/mol. The van der Waals surface area contributed by atoms with E-state index in [0.717, 1.165) is 0 Å². The summed E-state index contributed by atoms with van der Waals surface area (Å²) in [5.74, 6) is -2.23. The summed E-state index contributed by atoms with van der Waals surface area (Å²) in [7, 11) is -5.28. The lowest BCUT2D eigenvalue weighted by molar-refractivity contribution is -0.224. The number of hydrogen-bond donors (Lipinski definition) is 3. The lowest BCUT2D eigenvalue weighted by atomic mass is 9.91. The molecule has 0 bridgehead atoms. The molecule has 3 N–H and O–H groups in total. The van der Waals surface area contributed by atoms with E-state index in [2.05, 4.69) is 9.97 Å². The lowest BCUT2D eigenvalue weighted by Crippen LogP contribution is -2.61. The monoisotopic (exact) mass is 572 g/mol. The number of carbonyl (C=O) groups is 3. The van der Waals surface area contributed by atoms with Crippen molar-refractivity contribution in [3.63, 3.8) is 0 Å². The van der Waals surface area contributed by atoms with Gasteiger partial charge in [-0.05, 0) is 24.3 Å². The van der Waals surface area contributed by atoms with Gasteiger partial charge in [0.05, 0.1) is 11.1 Å². The van der Waals surface area contributed by atoms with E-state index in [1.54, 1.807) is 30.3 Å². The van der Waals surface area contributed by atoms with E-state index in [1.165, 1.54) is 49.1 Å². The summed E-state index contributed by atoms with van der Waals surface area (Å²) in [6.45, 7) is -0.588. The molecule has 1 saturated heterocycles. The Kier molecular flexibility index (Phi) is 9.48. The van der Waals surface area contributed by atoms with E-state index in [1.807, 2.05) is 0 Å². The number of hydrogen-bond acceptors (Lipinski definition) is 11. The normalized spacial score (nSPS) is 22.7. The number of benzene rings is 1. The summed E-state index contributed by atoms with van der Waals surface area (Å²) < 4.78 is 33.3. The molecule has 14 heteroatoms. The summed E-state index contributed by atoms with van der Waals surface area (Å²) in [5, 5.41) is 11.0. The van der Waals surface area contributed by atoms with E-state index in [-0.39, 0.29) is 11.1 Å². The van der Waals surface area contributed by atoms with Crippen LogP contribution >= 0.6 is 7.82 Å². The molecule has 13 nitrogen and oxygen atoms in total. The van der Waals surface area contributed by atoms with Crippen LogP contribution < -0.4 is 0 Å². The van der Waals surface area contributed by atoms with Crippen molar-refractivity contribution in [3.05, 3.63) is 96.1 Å². The first-order valence-electron chi connectivity index (χ1n) is 12.0. The van der Waals surface area contributed by atoms with Gasteiger partial charge in [-0.1, -0.05) is 30.3 Å². The molecule has 5 atom stereocenters. The SMILES string of the molecule is O=C(C[C@@H]1O[C@H](COC(=O)c2cccnc2)[C@@H](O)[C@H](OP(=O)(O)O)[C@H]1OC(=O)c1cccnc1)c1ccccc1. The van der Waals surface area contributed by atoms with Gasteiger partial charge in [0.15, 0.2) is 11.9 Å². The summed E-state index contributed by atoms with van der Waals surface area (Å²) in [4.78, 5) is 65.2. The van der Waals surface area contributed by atoms with Crippen molar-refractivity contribution >= 4 is 25.5 Å². The molecule has 1 aromatic carbocycles. The molecule has 0 unspecified atom stereocenters. The van der Waals surface area contributed by atoms with Gasteiger partial charge >= 0.3 is 19.8 Å². The third kappa shape index (κ3) is 7.63. The van der Waals surface area contributed by atoms with Gasteiger partial charge in [-0.2, -0.15) is 0 Å². The Morgan fingerprint density at radius 3 is 2.00 bits per heavy atom. The van der Waals surface area contributed by atoms with E-state index in [0.29, 0.717) is 5.56 Å². The Balaban J connectivity index is 1.62. The third-order valence-electron chi connectivity index (χ3n) is 5.92. The highest BCUT2D eigenvalue weighted by molar-refractivity contribution is 7.46. The molecule has 0 aliphatic carbocycles. The van der Waals surface area contributed by atoms with Crippen LogP contribution in [0.5, 0.6) is 0 Å². The Hall–Kier alpha value is -3.84. The standard InChI is InChI=1S/C26H25N2O11P/c29-19(16-6-2-1-3-7-16)12-20-23(38-26(32)18-9-5-11-28-14-18)24(39-40(33,34)35)22(30)21(37-20)15-36-25(31)17-8-4-10-27-13-17/h1-11,13-14,20-24,30H,12,15H2,(H2,33,34,35)/t20-,21+,22+,23-,24-/m0/s1. The number of aliphatic hydroxyl groups excluding tert-OH is 1. The molecule has 210 valence electrons. The fourth-order valence-corrected chi connectivity index (χ4v) is 4.61. The largest absolute Gasteiger partial charge is 0.470 e. The second-order valence-electron chi connectivity index (χ2n) is 8.71. The predicted molar refractivity (Wildman–Crippen MR) is 135 cm³/mol. The second kappa shape index (κ2) is 13.0. The maximum Gasteiger partial charge on any atom is 0.470 e. The number of Topliss-reactive ketones (excluding diaryl/α,β-unsaturated/α-hetero) is 1. The van der Waals surface area contributed by atoms with E-state index in [9.17, 15) is 33.8 Å². The van der Waals surface area contributed by atoms with Crippen LogP contribution in [-0.2, 0) is 23.3 Å². The van der Waals surface area contributed by atoms with Gasteiger partial charge in [0, 0.05) is 36.8 Å². The molecular formula is C26H25N2O11P. The highest BCUT2D eigenvalue weighted by atomic mass is 31.2. The maximum absolute atomic E-state index is 13.1. The fourth-order valence-electron chi connectivity index (χ4n) is 4.05. The molecule has 4 rings (SSSR count). The van der Waals surface area contributed by atoms with Crippen LogP contribution in [0, 0.1) is 0 Å². The first-order chi connectivity index (χ1) is 19.1. The molecule has 0 amide bonds. The van der Waals surface area contributed by atoms with E-state index < -0.39 is 69.1 Å². The van der Waals surface area contributed by atoms with Crippen LogP contribution in [0.15, 0.2) is 79.4 Å². The highest BCUT2D eigenvalue weighted by Crippen LogP contribution is 2.42. The number of aromatic nitrogens is 2. The number of phosphoric ester groups is 1. The quantitative estimate of drug-likeness (QED) is 0.181. The zero-order valence-corrected chi connectivity index (χ0v) is 21.7. The smallest absolute Gasteiger partial charge is 0.459 e. The Morgan fingerprint density at radius 2 is 1.43 bits per heavy atom. The Labute approximate surface area is 227 Å². The van der Waals surface area contributed by atoms with E-state index >= 15 is 0 Å².